The summed E-state index contributed by atoms with van der Waals surface area (Å²) in [6.07, 6.45) is 2.06. The van der Waals surface area contributed by atoms with Crippen molar-refractivity contribution >= 4 is 17.7 Å². The van der Waals surface area contributed by atoms with Crippen molar-refractivity contribution in [3.63, 3.8) is 0 Å². The molecule has 0 spiro atoms. The summed E-state index contributed by atoms with van der Waals surface area (Å²) in [4.78, 5) is 12.0. The molecule has 0 unspecified atom stereocenters. The molecule has 2 aromatic rings. The monoisotopic (exact) mass is 301 g/mol. The molecule has 1 amide bonds. The van der Waals surface area contributed by atoms with Crippen molar-refractivity contribution in [1.29, 1.82) is 0 Å². The highest BCUT2D eigenvalue weighted by atomic mass is 32.2. The first-order chi connectivity index (χ1) is 10.3. The molecule has 1 N–H and O–H groups in total. The van der Waals surface area contributed by atoms with Gasteiger partial charge in [-0.15, -0.1) is 0 Å². The Morgan fingerprint density at radius 2 is 1.81 bits per heavy atom. The Morgan fingerprint density at radius 1 is 1.10 bits per heavy atom. The topological polar surface area (TPSA) is 38.3 Å². The lowest BCUT2D eigenvalue weighted by molar-refractivity contribution is 0.0947. The summed E-state index contributed by atoms with van der Waals surface area (Å²) in [7, 11) is 0. The van der Waals surface area contributed by atoms with Gasteiger partial charge in [-0.1, -0.05) is 30.3 Å². The van der Waals surface area contributed by atoms with E-state index in [4.69, 9.17) is 4.74 Å². The number of thioether (sulfide) groups is 1. The molecule has 4 heteroatoms. The molecule has 0 atom stereocenters. The predicted octanol–water partition coefficient (Wildman–Crippen LogP) is 3.36. The summed E-state index contributed by atoms with van der Waals surface area (Å²) in [5, 5.41) is 2.85. The molecule has 0 bridgehead atoms. The van der Waals surface area contributed by atoms with Gasteiger partial charge in [-0.2, -0.15) is 11.8 Å². The second-order valence-electron chi connectivity index (χ2n) is 4.55. The zero-order valence-electron chi connectivity index (χ0n) is 12.0. The second kappa shape index (κ2) is 8.37. The van der Waals surface area contributed by atoms with Gasteiger partial charge in [0.15, 0.2) is 0 Å². The van der Waals surface area contributed by atoms with Gasteiger partial charge in [0.1, 0.15) is 12.4 Å². The largest absolute Gasteiger partial charge is 0.492 e. The lowest BCUT2D eigenvalue weighted by atomic mass is 10.1. The fourth-order valence-corrected chi connectivity index (χ4v) is 2.40. The van der Waals surface area contributed by atoms with Crippen molar-refractivity contribution in [2.45, 2.75) is 5.75 Å². The number of carbonyl (C=O) groups is 1. The molecule has 0 saturated carbocycles. The van der Waals surface area contributed by atoms with Gasteiger partial charge in [-0.05, 0) is 36.1 Å². The average molecular weight is 301 g/mol. The first kappa shape index (κ1) is 15.4. The Balaban J connectivity index is 1.74. The first-order valence-corrected chi connectivity index (χ1v) is 8.23. The van der Waals surface area contributed by atoms with Crippen molar-refractivity contribution in [1.82, 2.24) is 5.32 Å². The van der Waals surface area contributed by atoms with E-state index in [2.05, 4.69) is 11.6 Å². The molecule has 0 fully saturated rings. The minimum atomic E-state index is -0.0673. The fourth-order valence-electron chi connectivity index (χ4n) is 1.87. The Bertz CT molecular complexity index is 555. The molecule has 21 heavy (non-hydrogen) atoms. The molecule has 0 aromatic heterocycles. The van der Waals surface area contributed by atoms with Crippen LogP contribution in [-0.4, -0.2) is 25.3 Å². The first-order valence-electron chi connectivity index (χ1n) is 6.83. The number of para-hydroxylation sites is 1. The third-order valence-corrected chi connectivity index (χ3v) is 3.55. The number of benzene rings is 2. The van der Waals surface area contributed by atoms with Crippen molar-refractivity contribution in [3.8, 4) is 5.75 Å². The van der Waals surface area contributed by atoms with Crippen LogP contribution in [0.5, 0.6) is 5.75 Å². The van der Waals surface area contributed by atoms with E-state index in [1.165, 1.54) is 5.56 Å². The van der Waals surface area contributed by atoms with Gasteiger partial charge >= 0.3 is 0 Å². The summed E-state index contributed by atoms with van der Waals surface area (Å²) >= 11 is 1.77. The average Bonchev–Trinajstić information content (AvgIpc) is 2.53. The molecule has 0 heterocycles. The van der Waals surface area contributed by atoms with Crippen molar-refractivity contribution < 1.29 is 9.53 Å². The van der Waals surface area contributed by atoms with E-state index >= 15 is 0 Å². The van der Waals surface area contributed by atoms with E-state index in [-0.39, 0.29) is 5.91 Å². The molecule has 0 radical (unpaired) electrons. The molecule has 2 aromatic carbocycles. The van der Waals surface area contributed by atoms with E-state index in [0.717, 1.165) is 11.5 Å². The third kappa shape index (κ3) is 5.16. The number of hydrogen-bond acceptors (Lipinski definition) is 3. The Morgan fingerprint density at radius 3 is 2.48 bits per heavy atom. The lowest BCUT2D eigenvalue weighted by Gasteiger charge is -2.08. The standard InChI is InChI=1S/C17H19NO2S/c1-21-13-14-7-9-15(10-8-14)17(19)18-11-12-20-16-5-3-2-4-6-16/h2-10H,11-13H2,1H3,(H,18,19). The van der Waals surface area contributed by atoms with Crippen LogP contribution in [0.2, 0.25) is 0 Å². The summed E-state index contributed by atoms with van der Waals surface area (Å²) in [5.41, 5.74) is 1.91. The van der Waals surface area contributed by atoms with Crippen LogP contribution < -0.4 is 10.1 Å². The second-order valence-corrected chi connectivity index (χ2v) is 5.41. The summed E-state index contributed by atoms with van der Waals surface area (Å²) in [5.74, 6) is 1.71. The quantitative estimate of drug-likeness (QED) is 0.797. The number of rotatable bonds is 7. The van der Waals surface area contributed by atoms with E-state index in [0.29, 0.717) is 18.7 Å². The summed E-state index contributed by atoms with van der Waals surface area (Å²) < 4.78 is 5.53. The van der Waals surface area contributed by atoms with Gasteiger partial charge in [0.05, 0.1) is 6.54 Å². The van der Waals surface area contributed by atoms with Crippen molar-refractivity contribution in [2.75, 3.05) is 19.4 Å². The maximum Gasteiger partial charge on any atom is 0.251 e. The molecule has 0 aliphatic rings. The third-order valence-electron chi connectivity index (χ3n) is 2.93. The van der Waals surface area contributed by atoms with Crippen LogP contribution >= 0.6 is 11.8 Å². The SMILES string of the molecule is CSCc1ccc(C(=O)NCCOc2ccccc2)cc1. The molecule has 110 valence electrons. The normalized spacial score (nSPS) is 10.1. The maximum absolute atomic E-state index is 12.0. The molecular formula is C17H19NO2S. The highest BCUT2D eigenvalue weighted by Gasteiger charge is 2.04. The van der Waals surface area contributed by atoms with Crippen LogP contribution in [0.1, 0.15) is 15.9 Å². The van der Waals surface area contributed by atoms with Gasteiger partial charge in [0.2, 0.25) is 0 Å². The molecular weight excluding hydrogens is 282 g/mol. The number of hydrogen-bond donors (Lipinski definition) is 1. The Hall–Kier alpha value is -1.94. The van der Waals surface area contributed by atoms with Crippen LogP contribution in [-0.2, 0) is 5.75 Å². The van der Waals surface area contributed by atoms with Crippen LogP contribution in [0.15, 0.2) is 54.6 Å². The number of amides is 1. The Labute approximate surface area is 129 Å². The van der Waals surface area contributed by atoms with Crippen LogP contribution in [0.3, 0.4) is 0 Å². The van der Waals surface area contributed by atoms with Gasteiger partial charge < -0.3 is 10.1 Å². The Kier molecular flexibility index (Phi) is 6.16. The molecule has 0 aliphatic heterocycles. The summed E-state index contributed by atoms with van der Waals surface area (Å²) in [6.45, 7) is 0.945. The molecule has 0 aliphatic carbocycles. The van der Waals surface area contributed by atoms with Gasteiger partial charge in [-0.3, -0.25) is 4.79 Å². The highest BCUT2D eigenvalue weighted by Crippen LogP contribution is 2.10. The van der Waals surface area contributed by atoms with Gasteiger partial charge in [-0.25, -0.2) is 0 Å². The van der Waals surface area contributed by atoms with Crippen molar-refractivity contribution in [3.05, 3.63) is 65.7 Å². The number of ether oxygens (including phenoxy) is 1. The van der Waals surface area contributed by atoms with Gasteiger partial charge in [0.25, 0.3) is 5.91 Å². The van der Waals surface area contributed by atoms with E-state index in [9.17, 15) is 4.79 Å². The van der Waals surface area contributed by atoms with E-state index < -0.39 is 0 Å². The number of carbonyl (C=O) groups excluding carboxylic acids is 1. The van der Waals surface area contributed by atoms with Crippen LogP contribution in [0, 0.1) is 0 Å². The number of nitrogens with one attached hydrogen (secondary N) is 1. The minimum absolute atomic E-state index is 0.0673. The van der Waals surface area contributed by atoms with Crippen molar-refractivity contribution in [2.24, 2.45) is 0 Å². The van der Waals surface area contributed by atoms with Crippen LogP contribution in [0.4, 0.5) is 0 Å². The molecule has 2 rings (SSSR count). The predicted molar refractivity (Wildman–Crippen MR) is 87.9 cm³/mol. The van der Waals surface area contributed by atoms with Crippen LogP contribution in [0.25, 0.3) is 0 Å². The summed E-state index contributed by atoms with van der Waals surface area (Å²) in [6, 6.07) is 17.3. The molecule has 0 saturated heterocycles. The maximum atomic E-state index is 12.0. The zero-order chi connectivity index (χ0) is 14.9. The van der Waals surface area contributed by atoms with E-state index in [1.807, 2.05) is 54.6 Å². The smallest absolute Gasteiger partial charge is 0.251 e. The lowest BCUT2D eigenvalue weighted by Crippen LogP contribution is -2.28. The van der Waals surface area contributed by atoms with Gasteiger partial charge in [0, 0.05) is 11.3 Å². The van der Waals surface area contributed by atoms with E-state index in [1.54, 1.807) is 11.8 Å². The molecule has 3 nitrogen and oxygen atoms in total. The zero-order valence-corrected chi connectivity index (χ0v) is 12.9. The highest BCUT2D eigenvalue weighted by molar-refractivity contribution is 7.97. The minimum Gasteiger partial charge on any atom is -0.492 e. The fraction of sp³-hybridized carbons (Fsp3) is 0.235.